The Kier molecular flexibility index (Phi) is 3.55. The molecule has 1 amide bonds. The summed E-state index contributed by atoms with van der Waals surface area (Å²) >= 11 is 0. The lowest BCUT2D eigenvalue weighted by Crippen LogP contribution is -2.31. The molecule has 1 atom stereocenters. The van der Waals surface area contributed by atoms with Gasteiger partial charge in [-0.3, -0.25) is 4.79 Å². The Labute approximate surface area is 139 Å². The molecule has 0 radical (unpaired) electrons. The zero-order valence-electron chi connectivity index (χ0n) is 13.8. The summed E-state index contributed by atoms with van der Waals surface area (Å²) in [6.45, 7) is 4.55. The zero-order chi connectivity index (χ0) is 16.7. The Balaban J connectivity index is 1.69. The molecule has 4 heterocycles. The molecule has 0 aromatic carbocycles. The molecule has 1 saturated heterocycles. The van der Waals surface area contributed by atoms with Gasteiger partial charge in [0.05, 0.1) is 11.6 Å². The van der Waals surface area contributed by atoms with E-state index in [0.29, 0.717) is 30.4 Å². The first-order valence-corrected chi connectivity index (χ1v) is 8.26. The van der Waals surface area contributed by atoms with Crippen LogP contribution in [0.15, 0.2) is 28.9 Å². The molecule has 1 aliphatic rings. The lowest BCUT2D eigenvalue weighted by atomic mass is 10.2. The molecule has 4 rings (SSSR count). The quantitative estimate of drug-likeness (QED) is 0.739. The van der Waals surface area contributed by atoms with Crippen LogP contribution in [0.25, 0.3) is 5.52 Å². The molecule has 1 aliphatic heterocycles. The Hall–Kier alpha value is -2.70. The highest BCUT2D eigenvalue weighted by Crippen LogP contribution is 2.32. The second-order valence-electron chi connectivity index (χ2n) is 6.02. The van der Waals surface area contributed by atoms with E-state index in [1.165, 1.54) is 0 Å². The molecule has 7 nitrogen and oxygen atoms in total. The van der Waals surface area contributed by atoms with E-state index in [-0.39, 0.29) is 11.9 Å². The summed E-state index contributed by atoms with van der Waals surface area (Å²) in [6, 6.07) is 5.63. The van der Waals surface area contributed by atoms with Crippen LogP contribution < -0.4 is 0 Å². The number of fused-ring (bicyclic) bond motifs is 1. The highest BCUT2D eigenvalue weighted by atomic mass is 16.5. The minimum atomic E-state index is -0.137. The largest absolute Gasteiger partial charge is 0.339 e. The number of aromatic nitrogens is 4. The number of carbonyl (C=O) groups is 1. The fraction of sp³-hybridized carbons (Fsp3) is 0.412. The van der Waals surface area contributed by atoms with Crippen molar-refractivity contribution in [3.05, 3.63) is 47.6 Å². The summed E-state index contributed by atoms with van der Waals surface area (Å²) in [5, 5.41) is 4.06. The molecule has 24 heavy (non-hydrogen) atoms. The topological polar surface area (TPSA) is 76.5 Å². The second-order valence-corrected chi connectivity index (χ2v) is 6.02. The van der Waals surface area contributed by atoms with Crippen LogP contribution in [0.2, 0.25) is 0 Å². The van der Waals surface area contributed by atoms with Crippen LogP contribution in [-0.2, 0) is 6.42 Å². The molecule has 0 saturated carbocycles. The maximum absolute atomic E-state index is 13.1. The standard InChI is InChI=1S/C17H19N5O2/c1-3-14-19-16(20-24-14)13-8-6-10-22(13)17(23)15-12-7-4-5-9-21(12)11(2)18-15/h4-5,7,9,13H,3,6,8,10H2,1-2H3/t13-/m1/s1. The van der Waals surface area contributed by atoms with Crippen LogP contribution in [0.3, 0.4) is 0 Å². The first-order chi connectivity index (χ1) is 11.7. The number of likely N-dealkylation sites (tertiary alicyclic amines) is 1. The van der Waals surface area contributed by atoms with Gasteiger partial charge in [-0.15, -0.1) is 0 Å². The van der Waals surface area contributed by atoms with Gasteiger partial charge in [0.2, 0.25) is 5.89 Å². The molecule has 3 aromatic heterocycles. The Morgan fingerprint density at radius 3 is 3.04 bits per heavy atom. The van der Waals surface area contributed by atoms with Gasteiger partial charge < -0.3 is 13.8 Å². The van der Waals surface area contributed by atoms with Gasteiger partial charge in [-0.2, -0.15) is 4.98 Å². The van der Waals surface area contributed by atoms with Gasteiger partial charge in [0, 0.05) is 19.2 Å². The highest BCUT2D eigenvalue weighted by Gasteiger charge is 2.35. The first kappa shape index (κ1) is 14.9. The maximum Gasteiger partial charge on any atom is 0.275 e. The Morgan fingerprint density at radius 2 is 2.25 bits per heavy atom. The molecule has 0 N–H and O–H groups in total. The third-order valence-corrected chi connectivity index (χ3v) is 4.53. The first-order valence-electron chi connectivity index (χ1n) is 8.26. The molecular weight excluding hydrogens is 306 g/mol. The maximum atomic E-state index is 13.1. The minimum absolute atomic E-state index is 0.0721. The summed E-state index contributed by atoms with van der Waals surface area (Å²) in [7, 11) is 0. The average molecular weight is 325 g/mol. The van der Waals surface area contributed by atoms with E-state index >= 15 is 0 Å². The smallest absolute Gasteiger partial charge is 0.275 e. The van der Waals surface area contributed by atoms with Crippen LogP contribution in [0, 0.1) is 6.92 Å². The van der Waals surface area contributed by atoms with Gasteiger partial charge >= 0.3 is 0 Å². The molecule has 0 spiro atoms. The zero-order valence-corrected chi connectivity index (χ0v) is 13.8. The van der Waals surface area contributed by atoms with E-state index in [4.69, 9.17) is 4.52 Å². The van der Waals surface area contributed by atoms with Crippen molar-refractivity contribution in [2.75, 3.05) is 6.54 Å². The molecule has 7 heteroatoms. The fourth-order valence-electron chi connectivity index (χ4n) is 3.31. The van der Waals surface area contributed by atoms with Gasteiger partial charge in [0.25, 0.3) is 5.91 Å². The van der Waals surface area contributed by atoms with Crippen LogP contribution in [0.5, 0.6) is 0 Å². The van der Waals surface area contributed by atoms with Crippen molar-refractivity contribution >= 4 is 11.4 Å². The second kappa shape index (κ2) is 5.74. The van der Waals surface area contributed by atoms with Crippen molar-refractivity contribution in [3.63, 3.8) is 0 Å². The summed E-state index contributed by atoms with van der Waals surface area (Å²) in [6.07, 6.45) is 4.39. The molecule has 0 unspecified atom stereocenters. The van der Waals surface area contributed by atoms with E-state index in [0.717, 1.165) is 24.2 Å². The average Bonchev–Trinajstić information content (AvgIpc) is 3.32. The van der Waals surface area contributed by atoms with Crippen LogP contribution in [0.4, 0.5) is 0 Å². The van der Waals surface area contributed by atoms with E-state index < -0.39 is 0 Å². The predicted molar refractivity (Wildman–Crippen MR) is 86.6 cm³/mol. The molecule has 0 bridgehead atoms. The number of imidazole rings is 1. The third kappa shape index (κ3) is 2.28. The number of aryl methyl sites for hydroxylation is 2. The lowest BCUT2D eigenvalue weighted by molar-refractivity contribution is 0.0725. The van der Waals surface area contributed by atoms with Crippen LogP contribution in [-0.4, -0.2) is 36.9 Å². The number of hydrogen-bond donors (Lipinski definition) is 0. The number of amides is 1. The lowest BCUT2D eigenvalue weighted by Gasteiger charge is -2.21. The van der Waals surface area contributed by atoms with Crippen LogP contribution >= 0.6 is 0 Å². The summed E-state index contributed by atoms with van der Waals surface area (Å²) in [5.41, 5.74) is 1.31. The fourth-order valence-corrected chi connectivity index (χ4v) is 3.31. The van der Waals surface area contributed by atoms with Crippen molar-refractivity contribution in [2.45, 2.75) is 39.2 Å². The van der Waals surface area contributed by atoms with Crippen molar-refractivity contribution in [2.24, 2.45) is 0 Å². The van der Waals surface area contributed by atoms with Crippen molar-refractivity contribution < 1.29 is 9.32 Å². The van der Waals surface area contributed by atoms with Gasteiger partial charge in [-0.1, -0.05) is 18.1 Å². The normalized spacial score (nSPS) is 17.8. The summed E-state index contributed by atoms with van der Waals surface area (Å²) in [4.78, 5) is 23.8. The Bertz CT molecular complexity index is 897. The summed E-state index contributed by atoms with van der Waals surface area (Å²) < 4.78 is 7.15. The predicted octanol–water partition coefficient (Wildman–Crippen LogP) is 2.57. The van der Waals surface area contributed by atoms with E-state index in [2.05, 4.69) is 15.1 Å². The third-order valence-electron chi connectivity index (χ3n) is 4.53. The number of rotatable bonds is 3. The van der Waals surface area contributed by atoms with Crippen LogP contribution in [0.1, 0.15) is 53.8 Å². The van der Waals surface area contributed by atoms with E-state index in [1.807, 2.05) is 47.5 Å². The molecule has 124 valence electrons. The van der Waals surface area contributed by atoms with Gasteiger partial charge in [0.15, 0.2) is 11.5 Å². The number of hydrogen-bond acceptors (Lipinski definition) is 5. The van der Waals surface area contributed by atoms with Gasteiger partial charge in [-0.05, 0) is 31.9 Å². The monoisotopic (exact) mass is 325 g/mol. The minimum Gasteiger partial charge on any atom is -0.339 e. The highest BCUT2D eigenvalue weighted by molar-refractivity contribution is 5.99. The number of pyridine rings is 1. The SMILES string of the molecule is CCc1nc([C@H]2CCCN2C(=O)c2nc(C)n3ccccc23)no1. The van der Waals surface area contributed by atoms with Crippen molar-refractivity contribution in [1.82, 2.24) is 24.4 Å². The van der Waals surface area contributed by atoms with E-state index in [9.17, 15) is 4.79 Å². The summed E-state index contributed by atoms with van der Waals surface area (Å²) in [5.74, 6) is 1.93. The molecule has 1 fully saturated rings. The van der Waals surface area contributed by atoms with Gasteiger partial charge in [0.1, 0.15) is 5.82 Å². The Morgan fingerprint density at radius 1 is 1.38 bits per heavy atom. The molecule has 0 aliphatic carbocycles. The van der Waals surface area contributed by atoms with Gasteiger partial charge in [-0.25, -0.2) is 4.98 Å². The van der Waals surface area contributed by atoms with Crippen molar-refractivity contribution in [1.29, 1.82) is 0 Å². The molecular formula is C17H19N5O2. The van der Waals surface area contributed by atoms with Crippen molar-refractivity contribution in [3.8, 4) is 0 Å². The molecule has 3 aromatic rings. The van der Waals surface area contributed by atoms with E-state index in [1.54, 1.807) is 0 Å². The number of nitrogens with zero attached hydrogens (tertiary/aromatic N) is 5. The number of carbonyl (C=O) groups excluding carboxylic acids is 1.